The Hall–Kier alpha value is -4.01. The lowest BCUT2D eigenvalue weighted by molar-refractivity contribution is -0.386. The summed E-state index contributed by atoms with van der Waals surface area (Å²) in [5.74, 6) is -0.424. The Morgan fingerprint density at radius 1 is 1.11 bits per heavy atom. The molecule has 0 radical (unpaired) electrons. The smallest absolute Gasteiger partial charge is 0.312 e. The van der Waals surface area contributed by atoms with Crippen LogP contribution in [0.5, 0.6) is 5.75 Å². The Bertz CT molecular complexity index is 1520. The molecule has 202 valence electrons. The lowest BCUT2D eigenvalue weighted by Crippen LogP contribution is -2.50. The molecule has 1 amide bonds. The second-order valence-corrected chi connectivity index (χ2v) is 10.7. The van der Waals surface area contributed by atoms with Crippen LogP contribution in [0.15, 0.2) is 58.2 Å². The van der Waals surface area contributed by atoms with Gasteiger partial charge in [0.1, 0.15) is 5.69 Å². The molecule has 14 heteroatoms. The molecule has 0 aliphatic carbocycles. The minimum Gasteiger partial charge on any atom is -0.490 e. The number of nitro groups is 1. The number of carbonyl (C=O) groups is 1. The normalized spacial score (nSPS) is 14.8. The largest absolute Gasteiger partial charge is 0.490 e. The summed E-state index contributed by atoms with van der Waals surface area (Å²) in [6.45, 7) is 2.45. The molecule has 0 bridgehead atoms. The molecule has 3 aromatic rings. The van der Waals surface area contributed by atoms with Crippen LogP contribution in [0.3, 0.4) is 0 Å². The molecule has 1 saturated heterocycles. The second kappa shape index (κ2) is 10.8. The van der Waals surface area contributed by atoms with Crippen molar-refractivity contribution in [1.29, 1.82) is 0 Å². The Kier molecular flexibility index (Phi) is 7.66. The first kappa shape index (κ1) is 27.0. The van der Waals surface area contributed by atoms with Crippen molar-refractivity contribution in [3.05, 3.63) is 74.7 Å². The Morgan fingerprint density at radius 2 is 1.76 bits per heavy atom. The number of nitrogens with zero attached hydrogens (tertiary/aromatic N) is 5. The van der Waals surface area contributed by atoms with Gasteiger partial charge in [0.25, 0.3) is 5.56 Å². The molecule has 0 atom stereocenters. The van der Waals surface area contributed by atoms with Crippen molar-refractivity contribution in [3.63, 3.8) is 0 Å². The van der Waals surface area contributed by atoms with Crippen LogP contribution in [-0.4, -0.2) is 77.7 Å². The van der Waals surface area contributed by atoms with Crippen LogP contribution < -0.4 is 15.6 Å². The van der Waals surface area contributed by atoms with Crippen LogP contribution in [0.4, 0.5) is 11.4 Å². The first-order valence-corrected chi connectivity index (χ1v) is 13.2. The van der Waals surface area contributed by atoms with Crippen LogP contribution in [0, 0.1) is 17.0 Å². The molecule has 13 nitrogen and oxygen atoms in total. The van der Waals surface area contributed by atoms with Crippen molar-refractivity contribution in [2.75, 3.05) is 45.2 Å². The number of aromatic nitrogens is 2. The molecule has 1 N–H and O–H groups in total. The van der Waals surface area contributed by atoms with Gasteiger partial charge in [0.15, 0.2) is 5.75 Å². The summed E-state index contributed by atoms with van der Waals surface area (Å²) in [5.41, 5.74) is 0.656. The maximum Gasteiger partial charge on any atom is 0.312 e. The zero-order chi connectivity index (χ0) is 27.6. The van der Waals surface area contributed by atoms with Gasteiger partial charge < -0.3 is 10.1 Å². The molecule has 1 fully saturated rings. The fourth-order valence-electron chi connectivity index (χ4n) is 4.34. The quantitative estimate of drug-likeness (QED) is 0.330. The van der Waals surface area contributed by atoms with Gasteiger partial charge in [-0.25, -0.2) is 13.1 Å². The van der Waals surface area contributed by atoms with E-state index >= 15 is 0 Å². The van der Waals surface area contributed by atoms with Gasteiger partial charge in [0.05, 0.1) is 34.9 Å². The third-order valence-electron chi connectivity index (χ3n) is 6.50. The number of nitro benzene ring substituents is 1. The Balaban J connectivity index is 1.41. The standard InChI is InChI=1S/C24H28N6O7S/c1-17-23(24(32)29(26(17)2)18-7-5-4-6-8-18)25-22(31)16-27-11-13-28(14-12-27)38(35,36)19-9-10-21(37-3)20(15-19)30(33)34/h4-10,15H,11-14,16H2,1-3H3,(H,25,31). The van der Waals surface area contributed by atoms with Crippen molar-refractivity contribution in [3.8, 4) is 11.4 Å². The van der Waals surface area contributed by atoms with E-state index in [2.05, 4.69) is 5.32 Å². The molecule has 1 aliphatic heterocycles. The first-order chi connectivity index (χ1) is 18.0. The lowest BCUT2D eigenvalue weighted by Gasteiger charge is -2.33. The summed E-state index contributed by atoms with van der Waals surface area (Å²) in [4.78, 5) is 38.0. The highest BCUT2D eigenvalue weighted by molar-refractivity contribution is 7.89. The van der Waals surface area contributed by atoms with Crippen molar-refractivity contribution < 1.29 is 22.9 Å². The van der Waals surface area contributed by atoms with Crippen LogP contribution >= 0.6 is 0 Å². The number of ether oxygens (including phenoxy) is 1. The predicted octanol–water partition coefficient (Wildman–Crippen LogP) is 1.35. The number of amides is 1. The third kappa shape index (κ3) is 5.18. The topological polar surface area (TPSA) is 149 Å². The molecule has 2 heterocycles. The highest BCUT2D eigenvalue weighted by Gasteiger charge is 2.31. The van der Waals surface area contributed by atoms with Gasteiger partial charge >= 0.3 is 5.69 Å². The highest BCUT2D eigenvalue weighted by Crippen LogP contribution is 2.30. The molecule has 0 saturated carbocycles. The number of anilines is 1. The van der Waals surface area contributed by atoms with Crippen LogP contribution in [-0.2, 0) is 21.9 Å². The average molecular weight is 545 g/mol. The molecule has 1 aromatic heterocycles. The number of para-hydroxylation sites is 1. The molecular formula is C24H28N6O7S. The summed E-state index contributed by atoms with van der Waals surface area (Å²) in [7, 11) is -0.983. The minimum absolute atomic E-state index is 0.0268. The monoisotopic (exact) mass is 544 g/mol. The number of sulfonamides is 1. The maximum atomic E-state index is 13.1. The molecule has 0 spiro atoms. The Morgan fingerprint density at radius 3 is 2.37 bits per heavy atom. The zero-order valence-corrected chi connectivity index (χ0v) is 22.0. The number of benzene rings is 2. The van der Waals surface area contributed by atoms with Crippen LogP contribution in [0.1, 0.15) is 5.69 Å². The number of rotatable bonds is 8. The fraction of sp³-hybridized carbons (Fsp3) is 0.333. The lowest BCUT2D eigenvalue weighted by atomic mass is 10.3. The fourth-order valence-corrected chi connectivity index (χ4v) is 5.79. The first-order valence-electron chi connectivity index (χ1n) is 11.7. The van der Waals surface area contributed by atoms with E-state index in [4.69, 9.17) is 4.74 Å². The van der Waals surface area contributed by atoms with Gasteiger partial charge in [-0.15, -0.1) is 0 Å². The average Bonchev–Trinajstić information content (AvgIpc) is 3.11. The van der Waals surface area contributed by atoms with E-state index in [0.717, 1.165) is 6.07 Å². The van der Waals surface area contributed by atoms with E-state index in [1.807, 2.05) is 18.2 Å². The van der Waals surface area contributed by atoms with E-state index in [0.29, 0.717) is 11.4 Å². The van der Waals surface area contributed by atoms with Crippen molar-refractivity contribution >= 4 is 27.3 Å². The van der Waals surface area contributed by atoms with Gasteiger partial charge in [-0.3, -0.25) is 29.3 Å². The van der Waals surface area contributed by atoms with E-state index in [1.165, 1.54) is 28.2 Å². The predicted molar refractivity (Wildman–Crippen MR) is 139 cm³/mol. The number of carbonyl (C=O) groups excluding carboxylic acids is 1. The summed E-state index contributed by atoms with van der Waals surface area (Å²) >= 11 is 0. The molecule has 38 heavy (non-hydrogen) atoms. The molecule has 2 aromatic carbocycles. The highest BCUT2D eigenvalue weighted by atomic mass is 32.2. The van der Waals surface area contributed by atoms with E-state index in [-0.39, 0.29) is 54.6 Å². The molecular weight excluding hydrogens is 516 g/mol. The number of methoxy groups -OCH3 is 1. The number of piperazine rings is 1. The van der Waals surface area contributed by atoms with Crippen molar-refractivity contribution in [1.82, 2.24) is 18.6 Å². The van der Waals surface area contributed by atoms with Gasteiger partial charge in [-0.2, -0.15) is 4.31 Å². The molecule has 1 aliphatic rings. The van der Waals surface area contributed by atoms with Crippen molar-refractivity contribution in [2.45, 2.75) is 11.8 Å². The van der Waals surface area contributed by atoms with Gasteiger partial charge in [-0.05, 0) is 31.2 Å². The van der Waals surface area contributed by atoms with Crippen LogP contribution in [0.25, 0.3) is 5.69 Å². The SMILES string of the molecule is COc1ccc(S(=O)(=O)N2CCN(CC(=O)Nc3c(C)n(C)n(-c4ccccc4)c3=O)CC2)cc1[N+](=O)[O-]. The third-order valence-corrected chi connectivity index (χ3v) is 8.40. The van der Waals surface area contributed by atoms with Gasteiger partial charge in [0, 0.05) is 39.3 Å². The van der Waals surface area contributed by atoms with Gasteiger partial charge in [0.2, 0.25) is 15.9 Å². The molecule has 4 rings (SSSR count). The van der Waals surface area contributed by atoms with E-state index < -0.39 is 26.5 Å². The van der Waals surface area contributed by atoms with Crippen LogP contribution in [0.2, 0.25) is 0 Å². The maximum absolute atomic E-state index is 13.1. The summed E-state index contributed by atoms with van der Waals surface area (Å²) in [5, 5.41) is 14.0. The number of hydrogen-bond donors (Lipinski definition) is 1. The summed E-state index contributed by atoms with van der Waals surface area (Å²) < 4.78 is 35.5. The summed E-state index contributed by atoms with van der Waals surface area (Å²) in [6, 6.07) is 12.6. The van der Waals surface area contributed by atoms with E-state index in [1.54, 1.807) is 35.7 Å². The second-order valence-electron chi connectivity index (χ2n) is 8.76. The summed E-state index contributed by atoms with van der Waals surface area (Å²) in [6.07, 6.45) is 0. The van der Waals surface area contributed by atoms with Crippen molar-refractivity contribution in [2.24, 2.45) is 7.05 Å². The van der Waals surface area contributed by atoms with E-state index in [9.17, 15) is 28.1 Å². The number of nitrogens with one attached hydrogen (secondary N) is 1. The molecule has 0 unspecified atom stereocenters. The zero-order valence-electron chi connectivity index (χ0n) is 21.2. The number of hydrogen-bond acceptors (Lipinski definition) is 8. The Labute approximate surface area is 219 Å². The van der Waals surface area contributed by atoms with Gasteiger partial charge in [-0.1, -0.05) is 18.2 Å². The minimum atomic E-state index is -3.98.